The summed E-state index contributed by atoms with van der Waals surface area (Å²) in [5, 5.41) is 10.5. The molecule has 0 amide bonds. The number of rotatable bonds is 2. The molecule has 0 bridgehead atoms. The molecule has 1 rings (SSSR count). The first-order valence-corrected chi connectivity index (χ1v) is 4.42. The second kappa shape index (κ2) is 3.67. The van der Waals surface area contributed by atoms with Gasteiger partial charge in [-0.15, -0.1) is 0 Å². The van der Waals surface area contributed by atoms with Crippen molar-refractivity contribution in [1.29, 1.82) is 0 Å². The van der Waals surface area contributed by atoms with E-state index in [9.17, 15) is 10.1 Å². The fourth-order valence-corrected chi connectivity index (χ4v) is 1.38. The first-order valence-electron chi connectivity index (χ1n) is 3.50. The van der Waals surface area contributed by atoms with Crippen LogP contribution in [-0.2, 0) is 0 Å². The Balaban J connectivity index is 3.17. The van der Waals surface area contributed by atoms with Crippen LogP contribution in [0.3, 0.4) is 0 Å². The molecule has 1 atom stereocenters. The van der Waals surface area contributed by atoms with E-state index in [4.69, 9.17) is 0 Å². The number of nitrogens with zero attached hydrogens (tertiary/aromatic N) is 1. The van der Waals surface area contributed by atoms with Gasteiger partial charge in [0.25, 0.3) is 5.69 Å². The van der Waals surface area contributed by atoms with Crippen LogP contribution >= 0.6 is 15.9 Å². The van der Waals surface area contributed by atoms with Gasteiger partial charge < -0.3 is 0 Å². The second-order valence-electron chi connectivity index (χ2n) is 2.43. The third kappa shape index (κ3) is 1.82. The van der Waals surface area contributed by atoms with Crippen molar-refractivity contribution in [2.75, 3.05) is 0 Å². The number of alkyl halides is 1. The van der Waals surface area contributed by atoms with E-state index in [1.807, 2.05) is 6.92 Å². The first kappa shape index (κ1) is 9.19. The zero-order valence-electron chi connectivity index (χ0n) is 6.53. The molecule has 0 aliphatic carbocycles. The molecule has 3 nitrogen and oxygen atoms in total. The van der Waals surface area contributed by atoms with Gasteiger partial charge in [0.15, 0.2) is 0 Å². The minimum atomic E-state index is -0.368. The molecule has 1 aromatic rings. The normalized spacial score (nSPS) is 12.5. The highest BCUT2D eigenvalue weighted by atomic mass is 79.9. The number of para-hydroxylation sites is 1. The molecule has 0 saturated heterocycles. The molecule has 0 spiro atoms. The van der Waals surface area contributed by atoms with Crippen LogP contribution in [0.2, 0.25) is 0 Å². The molecule has 0 aliphatic heterocycles. The Hall–Kier alpha value is -0.900. The summed E-state index contributed by atoms with van der Waals surface area (Å²) in [6.07, 6.45) is 0. The van der Waals surface area contributed by atoms with E-state index in [0.717, 1.165) is 0 Å². The molecule has 0 fully saturated rings. The van der Waals surface area contributed by atoms with Crippen LogP contribution < -0.4 is 0 Å². The third-order valence-electron chi connectivity index (χ3n) is 1.56. The fourth-order valence-electron chi connectivity index (χ4n) is 0.990. The molecular weight excluding hydrogens is 222 g/mol. The molecule has 0 N–H and O–H groups in total. The molecule has 0 saturated carbocycles. The van der Waals surface area contributed by atoms with Gasteiger partial charge in [-0.1, -0.05) is 34.1 Å². The Bertz CT molecular complexity index is 299. The Morgan fingerprint density at radius 3 is 2.50 bits per heavy atom. The summed E-state index contributed by atoms with van der Waals surface area (Å²) in [7, 11) is 0. The minimum absolute atomic E-state index is 0.0131. The molecule has 1 aromatic carbocycles. The maximum atomic E-state index is 10.5. The summed E-state index contributed by atoms with van der Waals surface area (Å²) in [5.74, 6) is 0. The van der Waals surface area contributed by atoms with E-state index < -0.39 is 0 Å². The monoisotopic (exact) mass is 229 g/mol. The van der Waals surface area contributed by atoms with Gasteiger partial charge in [0.2, 0.25) is 0 Å². The topological polar surface area (TPSA) is 43.1 Å². The molecule has 4 heteroatoms. The van der Waals surface area contributed by atoms with Gasteiger partial charge in [-0.05, 0) is 6.92 Å². The van der Waals surface area contributed by atoms with Gasteiger partial charge in [-0.25, -0.2) is 0 Å². The van der Waals surface area contributed by atoms with Gasteiger partial charge in [-0.2, -0.15) is 0 Å². The smallest absolute Gasteiger partial charge is 0.258 e. The van der Waals surface area contributed by atoms with Gasteiger partial charge in [0, 0.05) is 16.5 Å². The van der Waals surface area contributed by atoms with Crippen LogP contribution in [0, 0.1) is 10.1 Å². The average Bonchev–Trinajstić information content (AvgIpc) is 2.04. The highest BCUT2D eigenvalue weighted by molar-refractivity contribution is 9.09. The highest BCUT2D eigenvalue weighted by Crippen LogP contribution is 2.29. The molecule has 12 heavy (non-hydrogen) atoms. The van der Waals surface area contributed by atoms with E-state index in [1.165, 1.54) is 6.07 Å². The number of halogens is 1. The summed E-state index contributed by atoms with van der Waals surface area (Å²) in [6, 6.07) is 6.71. The second-order valence-corrected chi connectivity index (χ2v) is 3.81. The van der Waals surface area contributed by atoms with Gasteiger partial charge >= 0.3 is 0 Å². The Kier molecular flexibility index (Phi) is 2.81. The van der Waals surface area contributed by atoms with Crippen molar-refractivity contribution in [3.8, 4) is 0 Å². The van der Waals surface area contributed by atoms with Crippen molar-refractivity contribution in [2.24, 2.45) is 0 Å². The number of nitro groups is 1. The van der Waals surface area contributed by atoms with E-state index in [1.54, 1.807) is 18.2 Å². The van der Waals surface area contributed by atoms with Crippen LogP contribution in [0.5, 0.6) is 0 Å². The number of hydrogen-bond acceptors (Lipinski definition) is 2. The maximum absolute atomic E-state index is 10.5. The average molecular weight is 230 g/mol. The lowest BCUT2D eigenvalue weighted by Gasteiger charge is -2.03. The molecule has 0 radical (unpaired) electrons. The molecule has 0 aliphatic rings. The molecule has 64 valence electrons. The molecule has 0 aromatic heterocycles. The van der Waals surface area contributed by atoms with Crippen LogP contribution in [-0.4, -0.2) is 4.92 Å². The fraction of sp³-hybridized carbons (Fsp3) is 0.250. The van der Waals surface area contributed by atoms with Crippen LogP contribution in [0.1, 0.15) is 17.3 Å². The highest BCUT2D eigenvalue weighted by Gasteiger charge is 2.15. The molecule has 1 unspecified atom stereocenters. The summed E-state index contributed by atoms with van der Waals surface area (Å²) >= 11 is 3.30. The Morgan fingerprint density at radius 1 is 1.50 bits per heavy atom. The lowest BCUT2D eigenvalue weighted by Crippen LogP contribution is -1.94. The maximum Gasteiger partial charge on any atom is 0.273 e. The van der Waals surface area contributed by atoms with Gasteiger partial charge in [0.1, 0.15) is 0 Å². The van der Waals surface area contributed by atoms with Crippen molar-refractivity contribution < 1.29 is 4.92 Å². The SMILES string of the molecule is CC(Br)c1ccccc1[N+](=O)[O-]. The number of hydrogen-bond donors (Lipinski definition) is 0. The number of nitro benzene ring substituents is 1. The lowest BCUT2D eigenvalue weighted by molar-refractivity contribution is -0.385. The summed E-state index contributed by atoms with van der Waals surface area (Å²) in [4.78, 5) is 10.2. The van der Waals surface area contributed by atoms with E-state index in [-0.39, 0.29) is 15.4 Å². The summed E-state index contributed by atoms with van der Waals surface area (Å²) in [6.45, 7) is 1.86. The van der Waals surface area contributed by atoms with Crippen LogP contribution in [0.15, 0.2) is 24.3 Å². The predicted molar refractivity (Wildman–Crippen MR) is 50.4 cm³/mol. The van der Waals surface area contributed by atoms with Crippen LogP contribution in [0.25, 0.3) is 0 Å². The summed E-state index contributed by atoms with van der Waals surface area (Å²) < 4.78 is 0. The predicted octanol–water partition coefficient (Wildman–Crippen LogP) is 3.05. The van der Waals surface area contributed by atoms with Crippen molar-refractivity contribution in [1.82, 2.24) is 0 Å². The van der Waals surface area contributed by atoms with Gasteiger partial charge in [-0.3, -0.25) is 10.1 Å². The van der Waals surface area contributed by atoms with E-state index >= 15 is 0 Å². The first-order chi connectivity index (χ1) is 5.63. The van der Waals surface area contributed by atoms with Crippen LogP contribution in [0.4, 0.5) is 5.69 Å². The number of benzene rings is 1. The standard InChI is InChI=1S/C8H8BrNO2/c1-6(9)7-4-2-3-5-8(7)10(11)12/h2-6H,1H3. The lowest BCUT2D eigenvalue weighted by atomic mass is 10.1. The minimum Gasteiger partial charge on any atom is -0.258 e. The largest absolute Gasteiger partial charge is 0.273 e. The Morgan fingerprint density at radius 2 is 2.08 bits per heavy atom. The van der Waals surface area contributed by atoms with Gasteiger partial charge in [0.05, 0.1) is 4.92 Å². The quantitative estimate of drug-likeness (QED) is 0.445. The summed E-state index contributed by atoms with van der Waals surface area (Å²) in [5.41, 5.74) is 0.879. The zero-order chi connectivity index (χ0) is 9.14. The van der Waals surface area contributed by atoms with Crippen molar-refractivity contribution in [2.45, 2.75) is 11.8 Å². The van der Waals surface area contributed by atoms with E-state index in [0.29, 0.717) is 5.56 Å². The van der Waals surface area contributed by atoms with Crippen molar-refractivity contribution >= 4 is 21.6 Å². The third-order valence-corrected chi connectivity index (χ3v) is 2.06. The van der Waals surface area contributed by atoms with E-state index in [2.05, 4.69) is 15.9 Å². The molecular formula is C8H8BrNO2. The van der Waals surface area contributed by atoms with Crippen molar-refractivity contribution in [3.05, 3.63) is 39.9 Å². The Labute approximate surface area is 78.7 Å². The zero-order valence-corrected chi connectivity index (χ0v) is 8.11. The van der Waals surface area contributed by atoms with Crippen molar-refractivity contribution in [3.63, 3.8) is 0 Å². The molecule has 0 heterocycles.